The van der Waals surface area contributed by atoms with E-state index in [1.54, 1.807) is 12.4 Å². The monoisotopic (exact) mass is 430 g/mol. The van der Waals surface area contributed by atoms with Gasteiger partial charge >= 0.3 is 5.97 Å². The SMILES string of the molecule is CCCCCC[C@H](C)C(=O)Oc1cnc(-c2c(CCC)cccc2-c2ccccc2)nc1. The van der Waals surface area contributed by atoms with Crippen LogP contribution in [0.3, 0.4) is 0 Å². The first-order valence-corrected chi connectivity index (χ1v) is 11.9. The van der Waals surface area contributed by atoms with Crippen molar-refractivity contribution in [3.63, 3.8) is 0 Å². The Bertz CT molecular complexity index is 984. The second-order valence-corrected chi connectivity index (χ2v) is 8.37. The van der Waals surface area contributed by atoms with Gasteiger partial charge in [0.25, 0.3) is 0 Å². The topological polar surface area (TPSA) is 52.1 Å². The molecule has 0 bridgehead atoms. The summed E-state index contributed by atoms with van der Waals surface area (Å²) in [5.41, 5.74) is 4.51. The predicted octanol–water partition coefficient (Wildman–Crippen LogP) is 7.28. The number of benzene rings is 2. The van der Waals surface area contributed by atoms with Gasteiger partial charge in [-0.3, -0.25) is 4.79 Å². The quantitative estimate of drug-likeness (QED) is 0.237. The lowest BCUT2D eigenvalue weighted by Crippen LogP contribution is -2.18. The number of ether oxygens (including phenoxy) is 1. The van der Waals surface area contributed by atoms with Gasteiger partial charge in [-0.1, -0.05) is 101 Å². The fourth-order valence-corrected chi connectivity index (χ4v) is 3.91. The molecule has 1 heterocycles. The number of nitrogens with zero attached hydrogens (tertiary/aromatic N) is 2. The molecular formula is C28H34N2O2. The third-order valence-electron chi connectivity index (χ3n) is 5.72. The van der Waals surface area contributed by atoms with Crippen LogP contribution in [0.4, 0.5) is 0 Å². The molecule has 0 unspecified atom stereocenters. The third-order valence-corrected chi connectivity index (χ3v) is 5.72. The van der Waals surface area contributed by atoms with Crippen molar-refractivity contribution in [1.82, 2.24) is 9.97 Å². The molecule has 0 saturated carbocycles. The van der Waals surface area contributed by atoms with Crippen LogP contribution in [0.2, 0.25) is 0 Å². The molecule has 0 aliphatic heterocycles. The number of hydrogen-bond acceptors (Lipinski definition) is 4. The Labute approximate surface area is 192 Å². The predicted molar refractivity (Wildman–Crippen MR) is 130 cm³/mol. The van der Waals surface area contributed by atoms with Gasteiger partial charge in [0, 0.05) is 5.56 Å². The van der Waals surface area contributed by atoms with Crippen molar-refractivity contribution in [1.29, 1.82) is 0 Å². The maximum atomic E-state index is 12.4. The zero-order valence-electron chi connectivity index (χ0n) is 19.5. The molecule has 0 fully saturated rings. The number of rotatable bonds is 11. The summed E-state index contributed by atoms with van der Waals surface area (Å²) in [7, 11) is 0. The van der Waals surface area contributed by atoms with E-state index in [0.717, 1.165) is 48.8 Å². The largest absolute Gasteiger partial charge is 0.423 e. The molecule has 4 nitrogen and oxygen atoms in total. The molecule has 2 aromatic carbocycles. The van der Waals surface area contributed by atoms with E-state index in [4.69, 9.17) is 4.74 Å². The van der Waals surface area contributed by atoms with E-state index in [1.165, 1.54) is 18.4 Å². The average Bonchev–Trinajstić information content (AvgIpc) is 2.83. The molecule has 0 radical (unpaired) electrons. The number of carbonyl (C=O) groups excluding carboxylic acids is 1. The van der Waals surface area contributed by atoms with E-state index in [1.807, 2.05) is 25.1 Å². The summed E-state index contributed by atoms with van der Waals surface area (Å²) < 4.78 is 5.55. The Balaban J connectivity index is 1.79. The van der Waals surface area contributed by atoms with E-state index < -0.39 is 0 Å². The first-order chi connectivity index (χ1) is 15.6. The molecule has 1 atom stereocenters. The van der Waals surface area contributed by atoms with Crippen LogP contribution < -0.4 is 4.74 Å². The second kappa shape index (κ2) is 12.1. The normalized spacial score (nSPS) is 11.8. The standard InChI is InChI=1S/C28H34N2O2/c1-4-6-7-9-14-21(3)28(31)32-24-19-29-27(30-20-24)26-23(13-5-2)17-12-18-25(26)22-15-10-8-11-16-22/h8,10-12,15-21H,4-7,9,13-14H2,1-3H3/t21-/m0/s1. The van der Waals surface area contributed by atoms with Crippen LogP contribution in [0.15, 0.2) is 60.9 Å². The maximum Gasteiger partial charge on any atom is 0.314 e. The van der Waals surface area contributed by atoms with Crippen LogP contribution >= 0.6 is 0 Å². The minimum absolute atomic E-state index is 0.124. The van der Waals surface area contributed by atoms with E-state index in [9.17, 15) is 4.79 Å². The molecule has 4 heteroatoms. The summed E-state index contributed by atoms with van der Waals surface area (Å²) in [5, 5.41) is 0. The molecular weight excluding hydrogens is 396 g/mol. The van der Waals surface area contributed by atoms with Crippen molar-refractivity contribution in [2.75, 3.05) is 0 Å². The second-order valence-electron chi connectivity index (χ2n) is 8.37. The first-order valence-electron chi connectivity index (χ1n) is 11.9. The summed E-state index contributed by atoms with van der Waals surface area (Å²) >= 11 is 0. The number of carbonyl (C=O) groups is 1. The van der Waals surface area contributed by atoms with Gasteiger partial charge in [-0.2, -0.15) is 0 Å². The Hall–Kier alpha value is -3.01. The number of esters is 1. The fourth-order valence-electron chi connectivity index (χ4n) is 3.91. The Kier molecular flexibility index (Phi) is 8.97. The highest BCUT2D eigenvalue weighted by molar-refractivity contribution is 5.83. The minimum atomic E-state index is -0.214. The number of unbranched alkanes of at least 4 members (excludes halogenated alkanes) is 3. The molecule has 3 rings (SSSR count). The van der Waals surface area contributed by atoms with Crippen molar-refractivity contribution >= 4 is 5.97 Å². The average molecular weight is 431 g/mol. The van der Waals surface area contributed by atoms with Crippen molar-refractivity contribution in [2.24, 2.45) is 5.92 Å². The minimum Gasteiger partial charge on any atom is -0.423 e. The number of hydrogen-bond donors (Lipinski definition) is 0. The Morgan fingerprint density at radius 1 is 0.906 bits per heavy atom. The molecule has 1 aromatic heterocycles. The van der Waals surface area contributed by atoms with Gasteiger partial charge in [0.1, 0.15) is 0 Å². The summed E-state index contributed by atoms with van der Waals surface area (Å²) in [5.74, 6) is 0.712. The Morgan fingerprint density at radius 3 is 2.34 bits per heavy atom. The van der Waals surface area contributed by atoms with Gasteiger partial charge in [-0.25, -0.2) is 9.97 Å². The first kappa shape index (κ1) is 23.6. The van der Waals surface area contributed by atoms with Gasteiger partial charge in [0.2, 0.25) is 0 Å². The fraction of sp³-hybridized carbons (Fsp3) is 0.393. The lowest BCUT2D eigenvalue weighted by molar-refractivity contribution is -0.138. The van der Waals surface area contributed by atoms with Gasteiger partial charge in [-0.05, 0) is 29.5 Å². The number of aryl methyl sites for hydroxylation is 1. The zero-order chi connectivity index (χ0) is 22.8. The molecule has 0 N–H and O–H groups in total. The molecule has 3 aromatic rings. The van der Waals surface area contributed by atoms with Crippen molar-refractivity contribution in [3.8, 4) is 28.3 Å². The molecule has 0 aliphatic carbocycles. The van der Waals surface area contributed by atoms with Crippen molar-refractivity contribution < 1.29 is 9.53 Å². The third kappa shape index (κ3) is 6.25. The molecule has 0 spiro atoms. The van der Waals surface area contributed by atoms with E-state index in [2.05, 4.69) is 54.1 Å². The van der Waals surface area contributed by atoms with E-state index >= 15 is 0 Å². The summed E-state index contributed by atoms with van der Waals surface area (Å²) in [6.07, 6.45) is 10.7. The summed E-state index contributed by atoms with van der Waals surface area (Å²) in [4.78, 5) is 21.6. The van der Waals surface area contributed by atoms with Crippen LogP contribution in [0, 0.1) is 5.92 Å². The molecule has 168 valence electrons. The molecule has 0 amide bonds. The van der Waals surface area contributed by atoms with Crippen LogP contribution in [0.25, 0.3) is 22.5 Å². The lowest BCUT2D eigenvalue weighted by atomic mass is 9.93. The van der Waals surface area contributed by atoms with Crippen molar-refractivity contribution in [2.45, 2.75) is 65.7 Å². The van der Waals surface area contributed by atoms with Crippen LogP contribution in [0.1, 0.15) is 64.9 Å². The molecule has 0 aliphatic rings. The van der Waals surface area contributed by atoms with Gasteiger partial charge in [0.15, 0.2) is 11.6 Å². The zero-order valence-corrected chi connectivity index (χ0v) is 19.5. The van der Waals surface area contributed by atoms with Gasteiger partial charge in [-0.15, -0.1) is 0 Å². The van der Waals surface area contributed by atoms with Crippen LogP contribution in [0.5, 0.6) is 5.75 Å². The summed E-state index contributed by atoms with van der Waals surface area (Å²) in [6.45, 7) is 6.28. The van der Waals surface area contributed by atoms with E-state index in [0.29, 0.717) is 11.6 Å². The molecule has 0 saturated heterocycles. The van der Waals surface area contributed by atoms with Gasteiger partial charge < -0.3 is 4.74 Å². The van der Waals surface area contributed by atoms with E-state index in [-0.39, 0.29) is 11.9 Å². The smallest absolute Gasteiger partial charge is 0.314 e. The van der Waals surface area contributed by atoms with Crippen LogP contribution in [-0.2, 0) is 11.2 Å². The van der Waals surface area contributed by atoms with Gasteiger partial charge in [0.05, 0.1) is 18.3 Å². The lowest BCUT2D eigenvalue weighted by Gasteiger charge is -2.15. The maximum absolute atomic E-state index is 12.4. The highest BCUT2D eigenvalue weighted by atomic mass is 16.5. The summed E-state index contributed by atoms with van der Waals surface area (Å²) in [6, 6.07) is 16.7. The number of aromatic nitrogens is 2. The highest BCUT2D eigenvalue weighted by Gasteiger charge is 2.17. The Morgan fingerprint density at radius 2 is 1.66 bits per heavy atom. The molecule has 32 heavy (non-hydrogen) atoms. The highest BCUT2D eigenvalue weighted by Crippen LogP contribution is 2.34. The van der Waals surface area contributed by atoms with Crippen molar-refractivity contribution in [3.05, 3.63) is 66.5 Å². The van der Waals surface area contributed by atoms with Crippen LogP contribution in [-0.4, -0.2) is 15.9 Å².